The Labute approximate surface area is 140 Å². The number of hydrogen-bond donors (Lipinski definition) is 1. The molecule has 1 N–H and O–H groups in total. The molecule has 23 heavy (non-hydrogen) atoms. The second-order valence-corrected chi connectivity index (χ2v) is 6.79. The van der Waals surface area contributed by atoms with Crippen molar-refractivity contribution in [3.8, 4) is 5.75 Å². The highest BCUT2D eigenvalue weighted by atomic mass is 16.5. The summed E-state index contributed by atoms with van der Waals surface area (Å²) < 4.78 is 5.78. The number of amides is 1. The molecule has 0 heterocycles. The van der Waals surface area contributed by atoms with Crippen LogP contribution in [0.3, 0.4) is 0 Å². The largest absolute Gasteiger partial charge is 0.492 e. The minimum absolute atomic E-state index is 0.127. The van der Waals surface area contributed by atoms with E-state index in [1.54, 1.807) is 0 Å². The van der Waals surface area contributed by atoms with E-state index in [2.05, 4.69) is 12.2 Å². The highest BCUT2D eigenvalue weighted by Crippen LogP contribution is 2.23. The fourth-order valence-electron chi connectivity index (χ4n) is 3.14. The number of rotatable bonds is 7. The number of nitrogens with zero attached hydrogens (tertiary/aromatic N) is 1. The first-order valence-corrected chi connectivity index (χ1v) is 8.72. The zero-order chi connectivity index (χ0) is 16.7. The lowest BCUT2D eigenvalue weighted by Gasteiger charge is -2.30. The third kappa shape index (κ3) is 5.87. The van der Waals surface area contributed by atoms with Crippen molar-refractivity contribution >= 4 is 5.91 Å². The fourth-order valence-corrected chi connectivity index (χ4v) is 3.14. The van der Waals surface area contributed by atoms with Gasteiger partial charge in [0.25, 0.3) is 0 Å². The second-order valence-electron chi connectivity index (χ2n) is 6.79. The van der Waals surface area contributed by atoms with E-state index in [1.165, 1.54) is 19.3 Å². The van der Waals surface area contributed by atoms with E-state index in [9.17, 15) is 4.79 Å². The third-order valence-corrected chi connectivity index (χ3v) is 4.70. The van der Waals surface area contributed by atoms with Gasteiger partial charge in [-0.3, -0.25) is 9.69 Å². The molecule has 0 aromatic heterocycles. The molecule has 0 bridgehead atoms. The van der Waals surface area contributed by atoms with Gasteiger partial charge in [0.15, 0.2) is 0 Å². The number of benzene rings is 1. The molecule has 1 aliphatic rings. The van der Waals surface area contributed by atoms with Crippen LogP contribution in [-0.4, -0.2) is 43.6 Å². The van der Waals surface area contributed by atoms with E-state index in [0.717, 1.165) is 24.3 Å². The summed E-state index contributed by atoms with van der Waals surface area (Å²) in [5.74, 6) is 1.64. The summed E-state index contributed by atoms with van der Waals surface area (Å²) in [7, 11) is 1.96. The van der Waals surface area contributed by atoms with Gasteiger partial charge in [-0.05, 0) is 44.4 Å². The van der Waals surface area contributed by atoms with Crippen molar-refractivity contribution in [3.63, 3.8) is 0 Å². The Hall–Kier alpha value is -1.55. The molecular weight excluding hydrogens is 288 g/mol. The van der Waals surface area contributed by atoms with Gasteiger partial charge in [0.05, 0.1) is 6.54 Å². The quantitative estimate of drug-likeness (QED) is 0.840. The van der Waals surface area contributed by atoms with Gasteiger partial charge in [-0.1, -0.05) is 38.0 Å². The number of ether oxygens (including phenoxy) is 1. The molecule has 4 nitrogen and oxygen atoms in total. The van der Waals surface area contributed by atoms with Gasteiger partial charge in [0.1, 0.15) is 12.4 Å². The molecule has 2 atom stereocenters. The molecule has 4 heteroatoms. The Morgan fingerprint density at radius 2 is 2.04 bits per heavy atom. The molecule has 1 fully saturated rings. The zero-order valence-corrected chi connectivity index (χ0v) is 14.7. The molecule has 1 aliphatic carbocycles. The molecule has 1 aromatic carbocycles. The van der Waals surface area contributed by atoms with E-state index in [0.29, 0.717) is 25.1 Å². The first kappa shape index (κ1) is 17.8. The molecule has 1 aromatic rings. The van der Waals surface area contributed by atoms with Gasteiger partial charge >= 0.3 is 0 Å². The van der Waals surface area contributed by atoms with Crippen LogP contribution in [0.2, 0.25) is 0 Å². The summed E-state index contributed by atoms with van der Waals surface area (Å²) in [6.07, 6.45) is 4.87. The van der Waals surface area contributed by atoms with Crippen LogP contribution in [0.1, 0.15) is 38.2 Å². The van der Waals surface area contributed by atoms with Crippen molar-refractivity contribution in [2.24, 2.45) is 5.92 Å². The van der Waals surface area contributed by atoms with Gasteiger partial charge in [-0.2, -0.15) is 0 Å². The minimum atomic E-state index is 0.127. The molecular formula is C19H30N2O2. The maximum atomic E-state index is 12.2. The number of carbonyl (C=O) groups is 1. The molecule has 0 unspecified atom stereocenters. The average Bonchev–Trinajstić information content (AvgIpc) is 2.51. The normalized spacial score (nSPS) is 21.2. The lowest BCUT2D eigenvalue weighted by atomic mass is 9.86. The minimum Gasteiger partial charge on any atom is -0.492 e. The Balaban J connectivity index is 1.66. The molecule has 2 rings (SSSR count). The van der Waals surface area contributed by atoms with Gasteiger partial charge in [0, 0.05) is 12.6 Å². The highest BCUT2D eigenvalue weighted by molar-refractivity contribution is 5.78. The van der Waals surface area contributed by atoms with Crippen LogP contribution in [0.25, 0.3) is 0 Å². The van der Waals surface area contributed by atoms with Gasteiger partial charge in [-0.15, -0.1) is 0 Å². The number of hydrogen-bond acceptors (Lipinski definition) is 3. The summed E-state index contributed by atoms with van der Waals surface area (Å²) >= 11 is 0. The van der Waals surface area contributed by atoms with E-state index in [-0.39, 0.29) is 5.91 Å². The van der Waals surface area contributed by atoms with E-state index in [4.69, 9.17) is 4.74 Å². The van der Waals surface area contributed by atoms with Crippen molar-refractivity contribution in [2.45, 2.75) is 45.6 Å². The van der Waals surface area contributed by atoms with E-state index < -0.39 is 0 Å². The number of aryl methyl sites for hydroxylation is 1. The maximum absolute atomic E-state index is 12.2. The Bertz CT molecular complexity index is 504. The van der Waals surface area contributed by atoms with Crippen LogP contribution in [0.15, 0.2) is 24.3 Å². The lowest BCUT2D eigenvalue weighted by Crippen LogP contribution is -2.45. The summed E-state index contributed by atoms with van der Waals surface area (Å²) in [5.41, 5.74) is 1.14. The third-order valence-electron chi connectivity index (χ3n) is 4.70. The van der Waals surface area contributed by atoms with Crippen molar-refractivity contribution in [3.05, 3.63) is 29.8 Å². The predicted octanol–water partition coefficient (Wildman–Crippen LogP) is 3.00. The van der Waals surface area contributed by atoms with Crippen LogP contribution in [-0.2, 0) is 4.79 Å². The van der Waals surface area contributed by atoms with Crippen LogP contribution in [0.5, 0.6) is 5.75 Å². The van der Waals surface area contributed by atoms with Crippen LogP contribution >= 0.6 is 0 Å². The van der Waals surface area contributed by atoms with Crippen molar-refractivity contribution < 1.29 is 9.53 Å². The molecule has 0 spiro atoms. The number of carbonyl (C=O) groups excluding carboxylic acids is 1. The number of nitrogens with one attached hydrogen (secondary N) is 1. The average molecular weight is 318 g/mol. The Morgan fingerprint density at radius 3 is 2.78 bits per heavy atom. The molecule has 0 saturated heterocycles. The number of likely N-dealkylation sites (N-methyl/N-ethyl adjacent to an activating group) is 1. The van der Waals surface area contributed by atoms with Crippen LogP contribution in [0.4, 0.5) is 0 Å². The van der Waals surface area contributed by atoms with E-state index >= 15 is 0 Å². The SMILES string of the molecule is Cc1ccccc1OCCN(C)CC(=O)N[C@H]1CCCC[C@H]1C. The monoisotopic (exact) mass is 318 g/mol. The Kier molecular flexibility index (Phi) is 6.90. The molecule has 1 amide bonds. The standard InChI is InChI=1S/C19H30N2O2/c1-15-8-4-6-10-17(15)20-19(22)14-21(3)12-13-23-18-11-7-5-9-16(18)2/h5,7,9,11,15,17H,4,6,8,10,12-14H2,1-3H3,(H,20,22)/t15-,17+/m1/s1. The zero-order valence-electron chi connectivity index (χ0n) is 14.7. The van der Waals surface area contributed by atoms with Crippen molar-refractivity contribution in [1.29, 1.82) is 0 Å². The predicted molar refractivity (Wildman–Crippen MR) is 93.7 cm³/mol. The second kappa shape index (κ2) is 8.92. The molecule has 0 radical (unpaired) electrons. The molecule has 1 saturated carbocycles. The maximum Gasteiger partial charge on any atom is 0.234 e. The lowest BCUT2D eigenvalue weighted by molar-refractivity contribution is -0.123. The first-order valence-electron chi connectivity index (χ1n) is 8.72. The van der Waals surface area contributed by atoms with Crippen molar-refractivity contribution in [2.75, 3.05) is 26.7 Å². The summed E-state index contributed by atoms with van der Waals surface area (Å²) in [6.45, 7) is 6.04. The van der Waals surface area contributed by atoms with Crippen molar-refractivity contribution in [1.82, 2.24) is 10.2 Å². The molecule has 128 valence electrons. The first-order chi connectivity index (χ1) is 11.1. The molecule has 0 aliphatic heterocycles. The summed E-state index contributed by atoms with van der Waals surface area (Å²) in [5, 5.41) is 3.20. The fraction of sp³-hybridized carbons (Fsp3) is 0.632. The Morgan fingerprint density at radius 1 is 1.30 bits per heavy atom. The van der Waals surface area contributed by atoms with Crippen LogP contribution in [0, 0.1) is 12.8 Å². The van der Waals surface area contributed by atoms with E-state index in [1.807, 2.05) is 43.1 Å². The smallest absolute Gasteiger partial charge is 0.234 e. The van der Waals surface area contributed by atoms with Gasteiger partial charge < -0.3 is 10.1 Å². The van der Waals surface area contributed by atoms with Gasteiger partial charge in [0.2, 0.25) is 5.91 Å². The summed E-state index contributed by atoms with van der Waals surface area (Å²) in [6, 6.07) is 8.35. The highest BCUT2D eigenvalue weighted by Gasteiger charge is 2.22. The summed E-state index contributed by atoms with van der Waals surface area (Å²) in [4.78, 5) is 14.2. The van der Waals surface area contributed by atoms with Crippen LogP contribution < -0.4 is 10.1 Å². The van der Waals surface area contributed by atoms with Gasteiger partial charge in [-0.25, -0.2) is 0 Å². The number of para-hydroxylation sites is 1. The topological polar surface area (TPSA) is 41.6 Å².